The third-order valence-electron chi connectivity index (χ3n) is 3.34. The van der Waals surface area contributed by atoms with E-state index in [1.807, 2.05) is 6.07 Å². The zero-order valence-corrected chi connectivity index (χ0v) is 10.8. The smallest absolute Gasteiger partial charge is 0.269 e. The Morgan fingerprint density at radius 2 is 2.32 bits per heavy atom. The molecule has 2 rings (SSSR count). The van der Waals surface area contributed by atoms with Crippen molar-refractivity contribution >= 4 is 11.6 Å². The van der Waals surface area contributed by atoms with E-state index in [-0.39, 0.29) is 17.6 Å². The van der Waals surface area contributed by atoms with Crippen LogP contribution in [0.5, 0.6) is 0 Å². The first-order valence-electron chi connectivity index (χ1n) is 6.27. The lowest BCUT2D eigenvalue weighted by Gasteiger charge is -2.30. The number of rotatable bonds is 4. The van der Waals surface area contributed by atoms with Gasteiger partial charge in [-0.25, -0.2) is 0 Å². The largest absolute Gasteiger partial charge is 0.344 e. The standard InChI is InChI=1S/C13H17N3O3/c1-15-9-11(5-6-13(15)17)14-8-10-3-2-4-12(7-10)16(18)19/h2-4,7,11,14H,5-6,8-9H2,1H3. The SMILES string of the molecule is CN1CC(NCc2cccc([N+](=O)[O-])c2)CCC1=O. The Balaban J connectivity index is 1.90. The normalized spacial score (nSPS) is 19.5. The van der Waals surface area contributed by atoms with Gasteiger partial charge in [-0.1, -0.05) is 12.1 Å². The van der Waals surface area contributed by atoms with Gasteiger partial charge < -0.3 is 10.2 Å². The van der Waals surface area contributed by atoms with E-state index in [2.05, 4.69) is 5.32 Å². The molecule has 1 unspecified atom stereocenters. The number of hydrogen-bond acceptors (Lipinski definition) is 4. The third kappa shape index (κ3) is 3.51. The van der Waals surface area contributed by atoms with Crippen molar-refractivity contribution < 1.29 is 9.72 Å². The van der Waals surface area contributed by atoms with E-state index in [4.69, 9.17) is 0 Å². The summed E-state index contributed by atoms with van der Waals surface area (Å²) in [6.45, 7) is 1.27. The van der Waals surface area contributed by atoms with Gasteiger partial charge in [0.2, 0.25) is 5.91 Å². The van der Waals surface area contributed by atoms with E-state index in [0.29, 0.717) is 19.5 Å². The van der Waals surface area contributed by atoms with Crippen LogP contribution in [-0.4, -0.2) is 35.4 Å². The summed E-state index contributed by atoms with van der Waals surface area (Å²) in [6, 6.07) is 6.85. The van der Waals surface area contributed by atoms with Crippen LogP contribution in [0.25, 0.3) is 0 Å². The first kappa shape index (κ1) is 13.5. The molecule has 1 amide bonds. The molecule has 0 spiro atoms. The molecule has 1 aromatic rings. The predicted molar refractivity (Wildman–Crippen MR) is 70.6 cm³/mol. The maximum absolute atomic E-state index is 11.4. The van der Waals surface area contributed by atoms with Gasteiger partial charge in [0, 0.05) is 44.7 Å². The van der Waals surface area contributed by atoms with E-state index < -0.39 is 4.92 Å². The Morgan fingerprint density at radius 3 is 3.00 bits per heavy atom. The predicted octanol–water partition coefficient (Wildman–Crippen LogP) is 1.31. The molecule has 1 heterocycles. The molecular weight excluding hydrogens is 246 g/mol. The first-order chi connectivity index (χ1) is 9.06. The molecule has 1 saturated heterocycles. The van der Waals surface area contributed by atoms with Crippen LogP contribution in [0.2, 0.25) is 0 Å². The van der Waals surface area contributed by atoms with Gasteiger partial charge in [-0.3, -0.25) is 14.9 Å². The zero-order chi connectivity index (χ0) is 13.8. The monoisotopic (exact) mass is 263 g/mol. The average molecular weight is 263 g/mol. The highest BCUT2D eigenvalue weighted by Gasteiger charge is 2.22. The van der Waals surface area contributed by atoms with Gasteiger partial charge in [0.05, 0.1) is 4.92 Å². The van der Waals surface area contributed by atoms with Crippen LogP contribution in [0.15, 0.2) is 24.3 Å². The van der Waals surface area contributed by atoms with Crippen LogP contribution in [0, 0.1) is 10.1 Å². The van der Waals surface area contributed by atoms with Crippen LogP contribution < -0.4 is 5.32 Å². The molecule has 19 heavy (non-hydrogen) atoms. The van der Waals surface area contributed by atoms with Crippen LogP contribution in [0.3, 0.4) is 0 Å². The lowest BCUT2D eigenvalue weighted by atomic mass is 10.1. The molecule has 1 aliphatic heterocycles. The first-order valence-corrected chi connectivity index (χ1v) is 6.27. The molecule has 6 heteroatoms. The summed E-state index contributed by atoms with van der Waals surface area (Å²) in [6.07, 6.45) is 1.38. The lowest BCUT2D eigenvalue weighted by Crippen LogP contribution is -2.46. The van der Waals surface area contributed by atoms with Crippen LogP contribution in [0.4, 0.5) is 5.69 Å². The van der Waals surface area contributed by atoms with Crippen molar-refractivity contribution in [1.82, 2.24) is 10.2 Å². The summed E-state index contributed by atoms with van der Waals surface area (Å²) in [5.74, 6) is 0.174. The molecular formula is C13H17N3O3. The van der Waals surface area contributed by atoms with Crippen LogP contribution in [0.1, 0.15) is 18.4 Å². The van der Waals surface area contributed by atoms with Crippen molar-refractivity contribution in [3.05, 3.63) is 39.9 Å². The number of hydrogen-bond donors (Lipinski definition) is 1. The molecule has 0 aromatic heterocycles. The summed E-state index contributed by atoms with van der Waals surface area (Å²) in [7, 11) is 1.80. The molecule has 0 radical (unpaired) electrons. The Morgan fingerprint density at radius 1 is 1.53 bits per heavy atom. The lowest BCUT2D eigenvalue weighted by molar-refractivity contribution is -0.384. The fraction of sp³-hybridized carbons (Fsp3) is 0.462. The number of nitro benzene ring substituents is 1. The molecule has 1 aliphatic rings. The number of nitrogens with zero attached hydrogens (tertiary/aromatic N) is 2. The molecule has 1 fully saturated rings. The number of nitrogens with one attached hydrogen (secondary N) is 1. The highest BCUT2D eigenvalue weighted by molar-refractivity contribution is 5.76. The van der Waals surface area contributed by atoms with E-state index in [1.165, 1.54) is 6.07 Å². The Bertz CT molecular complexity index is 490. The van der Waals surface area contributed by atoms with Crippen molar-refractivity contribution in [3.63, 3.8) is 0 Å². The minimum atomic E-state index is -0.392. The summed E-state index contributed by atoms with van der Waals surface area (Å²) in [5.41, 5.74) is 0.990. The quantitative estimate of drug-likeness (QED) is 0.656. The highest BCUT2D eigenvalue weighted by Crippen LogP contribution is 2.14. The van der Waals surface area contributed by atoms with Crippen molar-refractivity contribution in [2.24, 2.45) is 0 Å². The van der Waals surface area contributed by atoms with Gasteiger partial charge in [0.1, 0.15) is 0 Å². The van der Waals surface area contributed by atoms with Gasteiger partial charge in [0.25, 0.3) is 5.69 Å². The summed E-state index contributed by atoms with van der Waals surface area (Å²) in [5, 5.41) is 14.0. The minimum Gasteiger partial charge on any atom is -0.344 e. The number of benzene rings is 1. The third-order valence-corrected chi connectivity index (χ3v) is 3.34. The van der Waals surface area contributed by atoms with Gasteiger partial charge in [-0.15, -0.1) is 0 Å². The zero-order valence-electron chi connectivity index (χ0n) is 10.8. The number of amides is 1. The van der Waals surface area contributed by atoms with Crippen LogP contribution in [-0.2, 0) is 11.3 Å². The Hall–Kier alpha value is -1.95. The molecule has 0 aliphatic carbocycles. The number of nitro groups is 1. The van der Waals surface area contributed by atoms with E-state index >= 15 is 0 Å². The number of carbonyl (C=O) groups excluding carboxylic acids is 1. The second kappa shape index (κ2) is 5.79. The van der Waals surface area contributed by atoms with Gasteiger partial charge >= 0.3 is 0 Å². The Labute approximate surface area is 111 Å². The highest BCUT2D eigenvalue weighted by atomic mass is 16.6. The fourth-order valence-corrected chi connectivity index (χ4v) is 2.22. The maximum Gasteiger partial charge on any atom is 0.269 e. The van der Waals surface area contributed by atoms with E-state index in [9.17, 15) is 14.9 Å². The number of likely N-dealkylation sites (tertiary alicyclic amines) is 1. The van der Waals surface area contributed by atoms with Crippen molar-refractivity contribution in [2.75, 3.05) is 13.6 Å². The van der Waals surface area contributed by atoms with Crippen molar-refractivity contribution in [2.45, 2.75) is 25.4 Å². The number of piperidine rings is 1. The summed E-state index contributed by atoms with van der Waals surface area (Å²) in [4.78, 5) is 23.4. The molecule has 6 nitrogen and oxygen atoms in total. The molecule has 1 atom stereocenters. The minimum absolute atomic E-state index is 0.107. The van der Waals surface area contributed by atoms with Crippen molar-refractivity contribution in [3.8, 4) is 0 Å². The van der Waals surface area contributed by atoms with Crippen LogP contribution >= 0.6 is 0 Å². The van der Waals surface area contributed by atoms with Gasteiger partial charge in [0.15, 0.2) is 0 Å². The molecule has 1 N–H and O–H groups in total. The van der Waals surface area contributed by atoms with Crippen molar-refractivity contribution in [1.29, 1.82) is 0 Å². The van der Waals surface area contributed by atoms with E-state index in [0.717, 1.165) is 12.0 Å². The second-order valence-electron chi connectivity index (χ2n) is 4.82. The number of likely N-dealkylation sites (N-methyl/N-ethyl adjacent to an activating group) is 1. The number of non-ortho nitro benzene ring substituents is 1. The number of carbonyl (C=O) groups is 1. The molecule has 0 saturated carbocycles. The van der Waals surface area contributed by atoms with E-state index in [1.54, 1.807) is 24.1 Å². The summed E-state index contributed by atoms with van der Waals surface area (Å²) < 4.78 is 0. The molecule has 102 valence electrons. The van der Waals surface area contributed by atoms with Gasteiger partial charge in [-0.05, 0) is 12.0 Å². The topological polar surface area (TPSA) is 75.5 Å². The molecule has 1 aromatic carbocycles. The second-order valence-corrected chi connectivity index (χ2v) is 4.82. The maximum atomic E-state index is 11.4. The summed E-state index contributed by atoms with van der Waals surface area (Å²) >= 11 is 0. The Kier molecular flexibility index (Phi) is 4.11. The molecule has 0 bridgehead atoms. The average Bonchev–Trinajstić information content (AvgIpc) is 2.40. The fourth-order valence-electron chi connectivity index (χ4n) is 2.22. The van der Waals surface area contributed by atoms with Gasteiger partial charge in [-0.2, -0.15) is 0 Å².